The molecule has 2 nitrogen and oxygen atoms in total. The van der Waals surface area contributed by atoms with Crippen LogP contribution >= 0.6 is 0 Å². The molecular weight excluding hydrogens is 167 g/mol. The molecule has 0 bridgehead atoms. The van der Waals surface area contributed by atoms with E-state index in [4.69, 9.17) is 5.73 Å². The summed E-state index contributed by atoms with van der Waals surface area (Å²) in [6, 6.07) is 4.78. The first-order valence-corrected chi connectivity index (χ1v) is 4.23. The van der Waals surface area contributed by atoms with Crippen molar-refractivity contribution in [1.29, 1.82) is 0 Å². The van der Waals surface area contributed by atoms with Gasteiger partial charge in [-0.15, -0.1) is 0 Å². The number of anilines is 2. The van der Waals surface area contributed by atoms with Crippen molar-refractivity contribution in [3.05, 3.63) is 36.2 Å². The highest BCUT2D eigenvalue weighted by Gasteiger charge is 2.14. The van der Waals surface area contributed by atoms with E-state index in [-0.39, 0.29) is 5.82 Å². The molecular formula is C10H11FN2. The normalized spacial score (nSPS) is 15.3. The summed E-state index contributed by atoms with van der Waals surface area (Å²) < 4.78 is 13.4. The van der Waals surface area contributed by atoms with Gasteiger partial charge in [0.1, 0.15) is 5.82 Å². The minimum absolute atomic E-state index is 0.247. The minimum atomic E-state index is -0.247. The Balaban J connectivity index is 2.38. The van der Waals surface area contributed by atoms with Gasteiger partial charge in [-0.25, -0.2) is 4.39 Å². The van der Waals surface area contributed by atoms with Crippen LogP contribution in [0.4, 0.5) is 15.8 Å². The molecule has 0 amide bonds. The van der Waals surface area contributed by atoms with E-state index in [0.717, 1.165) is 13.1 Å². The van der Waals surface area contributed by atoms with E-state index in [1.807, 2.05) is 17.1 Å². The number of rotatable bonds is 1. The summed E-state index contributed by atoms with van der Waals surface area (Å²) in [6.45, 7) is 1.48. The van der Waals surface area contributed by atoms with Crippen LogP contribution in [0.2, 0.25) is 0 Å². The number of para-hydroxylation sites is 1. The van der Waals surface area contributed by atoms with Crippen molar-refractivity contribution in [3.8, 4) is 0 Å². The summed E-state index contributed by atoms with van der Waals surface area (Å²) >= 11 is 0. The van der Waals surface area contributed by atoms with Crippen molar-refractivity contribution >= 4 is 11.4 Å². The van der Waals surface area contributed by atoms with Crippen molar-refractivity contribution in [1.82, 2.24) is 0 Å². The Hall–Kier alpha value is -1.51. The summed E-state index contributed by atoms with van der Waals surface area (Å²) in [5.74, 6) is -0.247. The zero-order chi connectivity index (χ0) is 9.26. The van der Waals surface area contributed by atoms with Gasteiger partial charge in [0.2, 0.25) is 0 Å². The molecule has 1 aromatic rings. The van der Waals surface area contributed by atoms with Crippen molar-refractivity contribution in [2.45, 2.75) is 0 Å². The summed E-state index contributed by atoms with van der Waals surface area (Å²) in [7, 11) is 0. The predicted molar refractivity (Wildman–Crippen MR) is 52.2 cm³/mol. The largest absolute Gasteiger partial charge is 0.397 e. The van der Waals surface area contributed by atoms with Crippen molar-refractivity contribution < 1.29 is 4.39 Å². The molecule has 0 atom stereocenters. The third-order valence-electron chi connectivity index (χ3n) is 2.15. The maximum absolute atomic E-state index is 13.4. The fourth-order valence-corrected chi connectivity index (χ4v) is 1.53. The van der Waals surface area contributed by atoms with Crippen LogP contribution in [0.5, 0.6) is 0 Å². The Morgan fingerprint density at radius 1 is 1.23 bits per heavy atom. The van der Waals surface area contributed by atoms with Crippen LogP contribution in [0.25, 0.3) is 0 Å². The molecule has 1 heterocycles. The second kappa shape index (κ2) is 3.09. The van der Waals surface area contributed by atoms with Crippen LogP contribution in [-0.2, 0) is 0 Å². The molecule has 2 rings (SSSR count). The monoisotopic (exact) mass is 178 g/mol. The number of benzene rings is 1. The van der Waals surface area contributed by atoms with Gasteiger partial charge in [0, 0.05) is 13.1 Å². The SMILES string of the molecule is Nc1cccc(F)c1N1CC=CC1. The number of nitrogens with two attached hydrogens (primary N) is 1. The number of nitrogen functional groups attached to an aromatic ring is 1. The van der Waals surface area contributed by atoms with E-state index in [2.05, 4.69) is 0 Å². The molecule has 0 fully saturated rings. The molecule has 0 saturated heterocycles. The Morgan fingerprint density at radius 2 is 1.92 bits per heavy atom. The highest BCUT2D eigenvalue weighted by molar-refractivity contribution is 5.69. The van der Waals surface area contributed by atoms with Gasteiger partial charge < -0.3 is 10.6 Å². The smallest absolute Gasteiger partial charge is 0.148 e. The first-order valence-electron chi connectivity index (χ1n) is 4.23. The van der Waals surface area contributed by atoms with Gasteiger partial charge in [-0.1, -0.05) is 18.2 Å². The van der Waals surface area contributed by atoms with Crippen LogP contribution < -0.4 is 10.6 Å². The van der Waals surface area contributed by atoms with E-state index < -0.39 is 0 Å². The van der Waals surface area contributed by atoms with Gasteiger partial charge in [-0.3, -0.25) is 0 Å². The molecule has 2 N–H and O–H groups in total. The van der Waals surface area contributed by atoms with Crippen LogP contribution in [0.3, 0.4) is 0 Å². The first kappa shape index (κ1) is 8.10. The molecule has 13 heavy (non-hydrogen) atoms. The average molecular weight is 178 g/mol. The summed E-state index contributed by atoms with van der Waals surface area (Å²) in [6.07, 6.45) is 4.01. The molecule has 1 aromatic carbocycles. The number of hydrogen-bond donors (Lipinski definition) is 1. The van der Waals surface area contributed by atoms with Crippen LogP contribution in [0.1, 0.15) is 0 Å². The van der Waals surface area contributed by atoms with Crippen molar-refractivity contribution in [3.63, 3.8) is 0 Å². The molecule has 0 saturated carbocycles. The van der Waals surface area contributed by atoms with Crippen LogP contribution in [0.15, 0.2) is 30.4 Å². The zero-order valence-corrected chi connectivity index (χ0v) is 7.20. The lowest BCUT2D eigenvalue weighted by Gasteiger charge is -2.20. The highest BCUT2D eigenvalue weighted by atomic mass is 19.1. The minimum Gasteiger partial charge on any atom is -0.397 e. The van der Waals surface area contributed by atoms with Gasteiger partial charge in [0.15, 0.2) is 0 Å². The van der Waals surface area contributed by atoms with E-state index in [1.165, 1.54) is 6.07 Å². The van der Waals surface area contributed by atoms with E-state index in [9.17, 15) is 4.39 Å². The van der Waals surface area contributed by atoms with Gasteiger partial charge in [0.25, 0.3) is 0 Å². The summed E-state index contributed by atoms with van der Waals surface area (Å²) in [5, 5.41) is 0. The lowest BCUT2D eigenvalue weighted by atomic mass is 10.2. The lowest BCUT2D eigenvalue weighted by Crippen LogP contribution is -2.21. The molecule has 0 radical (unpaired) electrons. The highest BCUT2D eigenvalue weighted by Crippen LogP contribution is 2.27. The second-order valence-electron chi connectivity index (χ2n) is 3.05. The maximum Gasteiger partial charge on any atom is 0.148 e. The number of hydrogen-bond acceptors (Lipinski definition) is 2. The summed E-state index contributed by atoms with van der Waals surface area (Å²) in [4.78, 5) is 1.91. The van der Waals surface area contributed by atoms with E-state index >= 15 is 0 Å². The molecule has 0 aliphatic carbocycles. The standard InChI is InChI=1S/C10H11FN2/c11-8-4-3-5-9(12)10(8)13-6-1-2-7-13/h1-5H,6-7,12H2. The Morgan fingerprint density at radius 3 is 2.54 bits per heavy atom. The van der Waals surface area contributed by atoms with E-state index in [0.29, 0.717) is 11.4 Å². The van der Waals surface area contributed by atoms with Gasteiger partial charge >= 0.3 is 0 Å². The predicted octanol–water partition coefficient (Wildman–Crippen LogP) is 1.78. The molecule has 1 aliphatic heterocycles. The number of halogens is 1. The van der Waals surface area contributed by atoms with Crippen molar-refractivity contribution in [2.75, 3.05) is 23.7 Å². The zero-order valence-electron chi connectivity index (χ0n) is 7.20. The van der Waals surface area contributed by atoms with Crippen LogP contribution in [-0.4, -0.2) is 13.1 Å². The molecule has 1 aliphatic rings. The maximum atomic E-state index is 13.4. The lowest BCUT2D eigenvalue weighted by molar-refractivity contribution is 0.624. The van der Waals surface area contributed by atoms with Crippen LogP contribution in [0, 0.1) is 5.82 Å². The molecule has 0 aromatic heterocycles. The fraction of sp³-hybridized carbons (Fsp3) is 0.200. The van der Waals surface area contributed by atoms with Gasteiger partial charge in [0.05, 0.1) is 11.4 Å². The van der Waals surface area contributed by atoms with E-state index in [1.54, 1.807) is 12.1 Å². The van der Waals surface area contributed by atoms with Gasteiger partial charge in [-0.2, -0.15) is 0 Å². The molecule has 0 spiro atoms. The third kappa shape index (κ3) is 1.37. The molecule has 3 heteroatoms. The topological polar surface area (TPSA) is 29.3 Å². The quantitative estimate of drug-likeness (QED) is 0.524. The third-order valence-corrected chi connectivity index (χ3v) is 2.15. The molecule has 68 valence electrons. The summed E-state index contributed by atoms with van der Waals surface area (Å²) in [5.41, 5.74) is 6.72. The fourth-order valence-electron chi connectivity index (χ4n) is 1.53. The van der Waals surface area contributed by atoms with Crippen molar-refractivity contribution in [2.24, 2.45) is 0 Å². The second-order valence-corrected chi connectivity index (χ2v) is 3.05. The average Bonchev–Trinajstić information content (AvgIpc) is 2.57. The Labute approximate surface area is 76.5 Å². The Kier molecular flexibility index (Phi) is 1.93. The molecule has 0 unspecified atom stereocenters. The Bertz CT molecular complexity index is 319. The first-order chi connectivity index (χ1) is 6.29. The number of nitrogens with zero attached hydrogens (tertiary/aromatic N) is 1. The van der Waals surface area contributed by atoms with Gasteiger partial charge in [-0.05, 0) is 12.1 Å².